The van der Waals surface area contributed by atoms with E-state index in [1.54, 1.807) is 0 Å². The number of carboxylic acids is 1. The first-order chi connectivity index (χ1) is 27.9. The number of hydrogen-bond donors (Lipinski definition) is 3. The molecule has 2 atom stereocenters. The molecule has 0 aromatic carbocycles. The van der Waals surface area contributed by atoms with Crippen LogP contribution in [-0.4, -0.2) is 41.6 Å². The molecule has 0 aliphatic carbocycles. The third kappa shape index (κ3) is 41.0. The number of unbranched alkanes of at least 4 members (excludes halogenated alkanes) is 18. The number of ether oxygens (including phenoxy) is 1. The predicted molar refractivity (Wildman–Crippen MR) is 243 cm³/mol. The van der Waals surface area contributed by atoms with E-state index in [4.69, 9.17) is 10.5 Å². The van der Waals surface area contributed by atoms with Crippen LogP contribution in [0.15, 0.2) is 60.8 Å². The number of carbonyl (C=O) groups is 3. The van der Waals surface area contributed by atoms with Crippen LogP contribution in [-0.2, 0) is 19.1 Å². The first-order valence-electron chi connectivity index (χ1n) is 23.6. The number of hydrogen-bond acceptors (Lipinski definition) is 5. The van der Waals surface area contributed by atoms with Crippen molar-refractivity contribution in [1.82, 2.24) is 5.32 Å². The number of rotatable bonds is 42. The van der Waals surface area contributed by atoms with Gasteiger partial charge in [0.1, 0.15) is 12.1 Å². The van der Waals surface area contributed by atoms with E-state index in [0.717, 1.165) is 103 Å². The van der Waals surface area contributed by atoms with Crippen molar-refractivity contribution in [1.29, 1.82) is 0 Å². The third-order valence-electron chi connectivity index (χ3n) is 10.3. The number of carbonyl (C=O) groups excluding carboxylic acids is 2. The number of nitrogens with two attached hydrogens (primary N) is 1. The molecule has 7 heteroatoms. The van der Waals surface area contributed by atoms with E-state index >= 15 is 0 Å². The van der Waals surface area contributed by atoms with Crippen LogP contribution in [0.2, 0.25) is 0 Å². The number of allylic oxidation sites excluding steroid dienone is 10. The average Bonchev–Trinajstić information content (AvgIpc) is 3.20. The van der Waals surface area contributed by atoms with Gasteiger partial charge < -0.3 is 20.9 Å². The van der Waals surface area contributed by atoms with Crippen molar-refractivity contribution >= 4 is 17.8 Å². The largest absolute Gasteiger partial charge is 0.480 e. The lowest BCUT2D eigenvalue weighted by atomic mass is 10.0. The van der Waals surface area contributed by atoms with Crippen molar-refractivity contribution < 1.29 is 24.2 Å². The standard InChI is InChI=1S/C50H88N2O5/c1-3-5-7-9-11-13-15-17-19-21-23-25-27-29-34-38-44-49(54)57-46(40-35-31-28-26-24-22-20-18-16-14-12-10-8-6-4-2)41-36-32-30-33-37-43-48(53)52-47(50(55)56)42-39-45-51/h6,8,12,14,18-21,24,26,46-47H,3-5,7,9-11,13,15-17,22-23,25,27-45,51H2,1-2H3,(H,52,53)(H,55,56)/b8-6-,14-12-,20-18-,21-19-,26-24-. The van der Waals surface area contributed by atoms with Crippen LogP contribution in [0.3, 0.4) is 0 Å². The summed E-state index contributed by atoms with van der Waals surface area (Å²) in [6.07, 6.45) is 55.5. The second kappa shape index (κ2) is 44.2. The maximum Gasteiger partial charge on any atom is 0.326 e. The van der Waals surface area contributed by atoms with Gasteiger partial charge in [0, 0.05) is 12.8 Å². The Bertz CT molecular complexity index is 1080. The molecule has 0 aromatic heterocycles. The minimum absolute atomic E-state index is 0.0324. The highest BCUT2D eigenvalue weighted by atomic mass is 16.5. The zero-order valence-corrected chi connectivity index (χ0v) is 36.9. The number of carboxylic acid groups (broad SMARTS) is 1. The van der Waals surface area contributed by atoms with Gasteiger partial charge in [-0.15, -0.1) is 0 Å². The zero-order valence-electron chi connectivity index (χ0n) is 36.9. The van der Waals surface area contributed by atoms with Crippen LogP contribution in [0.1, 0.15) is 219 Å². The van der Waals surface area contributed by atoms with Crippen LogP contribution in [0.25, 0.3) is 0 Å². The fourth-order valence-electron chi connectivity index (χ4n) is 6.79. The Morgan fingerprint density at radius 2 is 0.965 bits per heavy atom. The highest BCUT2D eigenvalue weighted by Gasteiger charge is 2.19. The molecule has 0 fully saturated rings. The van der Waals surface area contributed by atoms with Gasteiger partial charge >= 0.3 is 11.9 Å². The highest BCUT2D eigenvalue weighted by Crippen LogP contribution is 2.18. The second-order valence-electron chi connectivity index (χ2n) is 15.8. The highest BCUT2D eigenvalue weighted by molar-refractivity contribution is 5.83. The van der Waals surface area contributed by atoms with Gasteiger partial charge in [0.05, 0.1) is 0 Å². The number of aliphatic carboxylic acids is 1. The Kier molecular flexibility index (Phi) is 41.9. The SMILES string of the molecule is CC/C=C\C/C=C\C/C=C\C/C=C\CCCCC(CCCCCCCC(=O)NC(CCCN)C(=O)O)OC(=O)CCCCCCC/C=C\CCCCCCCCC. The second-order valence-corrected chi connectivity index (χ2v) is 15.8. The Labute approximate surface area is 350 Å². The normalized spacial score (nSPS) is 13.2. The molecule has 0 saturated heterocycles. The fraction of sp³-hybridized carbons (Fsp3) is 0.740. The number of esters is 1. The van der Waals surface area contributed by atoms with Gasteiger partial charge in [0.2, 0.25) is 5.91 Å². The fourth-order valence-corrected chi connectivity index (χ4v) is 6.79. The Balaban J connectivity index is 4.43. The van der Waals surface area contributed by atoms with Crippen LogP contribution in [0.4, 0.5) is 0 Å². The van der Waals surface area contributed by atoms with E-state index < -0.39 is 12.0 Å². The molecular weight excluding hydrogens is 709 g/mol. The summed E-state index contributed by atoms with van der Waals surface area (Å²) in [6, 6.07) is -0.865. The van der Waals surface area contributed by atoms with Gasteiger partial charge in [-0.05, 0) is 122 Å². The molecule has 328 valence electrons. The summed E-state index contributed by atoms with van der Waals surface area (Å²) in [7, 11) is 0. The maximum absolute atomic E-state index is 12.8. The molecular formula is C50H88N2O5. The monoisotopic (exact) mass is 797 g/mol. The summed E-state index contributed by atoms with van der Waals surface area (Å²) in [5, 5.41) is 12.0. The van der Waals surface area contributed by atoms with E-state index in [1.807, 2.05) is 0 Å². The van der Waals surface area contributed by atoms with E-state index in [0.29, 0.717) is 32.2 Å². The smallest absolute Gasteiger partial charge is 0.326 e. The lowest BCUT2D eigenvalue weighted by molar-refractivity contribution is -0.150. The Morgan fingerprint density at radius 1 is 0.526 bits per heavy atom. The molecule has 2 unspecified atom stereocenters. The van der Waals surface area contributed by atoms with Crippen molar-refractivity contribution in [2.45, 2.75) is 231 Å². The molecule has 0 bridgehead atoms. The first kappa shape index (κ1) is 54.1. The molecule has 0 spiro atoms. The third-order valence-corrected chi connectivity index (χ3v) is 10.3. The molecule has 4 N–H and O–H groups in total. The minimum atomic E-state index is -1.01. The van der Waals surface area contributed by atoms with Gasteiger partial charge in [-0.3, -0.25) is 9.59 Å². The maximum atomic E-state index is 12.8. The minimum Gasteiger partial charge on any atom is -0.480 e. The molecule has 0 saturated carbocycles. The molecule has 0 aliphatic heterocycles. The van der Waals surface area contributed by atoms with Crippen molar-refractivity contribution in [3.8, 4) is 0 Å². The number of amides is 1. The van der Waals surface area contributed by atoms with Crippen LogP contribution >= 0.6 is 0 Å². The first-order valence-corrected chi connectivity index (χ1v) is 23.6. The zero-order chi connectivity index (χ0) is 41.7. The molecule has 57 heavy (non-hydrogen) atoms. The van der Waals surface area contributed by atoms with Gasteiger partial charge in [0.15, 0.2) is 0 Å². The van der Waals surface area contributed by atoms with E-state index in [1.165, 1.54) is 77.0 Å². The van der Waals surface area contributed by atoms with Crippen molar-refractivity contribution in [3.63, 3.8) is 0 Å². The quantitative estimate of drug-likeness (QED) is 0.0321. The van der Waals surface area contributed by atoms with Gasteiger partial charge in [-0.1, -0.05) is 152 Å². The van der Waals surface area contributed by atoms with Crippen LogP contribution in [0.5, 0.6) is 0 Å². The molecule has 1 amide bonds. The molecule has 0 radical (unpaired) electrons. The van der Waals surface area contributed by atoms with Gasteiger partial charge in [-0.25, -0.2) is 4.79 Å². The molecule has 0 aromatic rings. The molecule has 7 nitrogen and oxygen atoms in total. The Hall–Kier alpha value is -2.93. The molecule has 0 heterocycles. The van der Waals surface area contributed by atoms with E-state index in [9.17, 15) is 19.5 Å². The summed E-state index contributed by atoms with van der Waals surface area (Å²) >= 11 is 0. The van der Waals surface area contributed by atoms with Crippen molar-refractivity contribution in [3.05, 3.63) is 60.8 Å². The summed E-state index contributed by atoms with van der Waals surface area (Å²) < 4.78 is 6.04. The topological polar surface area (TPSA) is 119 Å². The average molecular weight is 797 g/mol. The predicted octanol–water partition coefficient (Wildman–Crippen LogP) is 13.7. The molecule has 0 aliphatic rings. The lowest BCUT2D eigenvalue weighted by Crippen LogP contribution is -2.40. The lowest BCUT2D eigenvalue weighted by Gasteiger charge is -2.18. The van der Waals surface area contributed by atoms with E-state index in [-0.39, 0.29) is 18.0 Å². The Morgan fingerprint density at radius 3 is 1.51 bits per heavy atom. The summed E-state index contributed by atoms with van der Waals surface area (Å²) in [4.78, 5) is 36.5. The van der Waals surface area contributed by atoms with Crippen LogP contribution < -0.4 is 11.1 Å². The summed E-state index contributed by atoms with van der Waals surface area (Å²) in [5.41, 5.74) is 5.49. The molecule has 0 rings (SSSR count). The van der Waals surface area contributed by atoms with E-state index in [2.05, 4.69) is 79.9 Å². The number of nitrogens with one attached hydrogen (secondary N) is 1. The summed E-state index contributed by atoms with van der Waals surface area (Å²) in [6.45, 7) is 4.83. The van der Waals surface area contributed by atoms with Crippen molar-refractivity contribution in [2.24, 2.45) is 5.73 Å². The van der Waals surface area contributed by atoms with Crippen LogP contribution in [0, 0.1) is 0 Å². The summed E-state index contributed by atoms with van der Waals surface area (Å²) in [5.74, 6) is -1.27. The van der Waals surface area contributed by atoms with Gasteiger partial charge in [0.25, 0.3) is 0 Å². The van der Waals surface area contributed by atoms with Crippen molar-refractivity contribution in [2.75, 3.05) is 6.54 Å². The van der Waals surface area contributed by atoms with Gasteiger partial charge in [-0.2, -0.15) is 0 Å².